The SMILES string of the molecule is NC(=O)c1cnc(N[C@@H]2CCCC[C@@H]2N)nc1Nc1cccc2c1ccn2Cc1ccccc1. The highest BCUT2D eigenvalue weighted by atomic mass is 16.1. The lowest BCUT2D eigenvalue weighted by Gasteiger charge is -2.29. The van der Waals surface area contributed by atoms with Gasteiger partial charge in [-0.1, -0.05) is 49.2 Å². The predicted molar refractivity (Wildman–Crippen MR) is 135 cm³/mol. The number of hydrogen-bond donors (Lipinski definition) is 4. The zero-order valence-corrected chi connectivity index (χ0v) is 18.9. The van der Waals surface area contributed by atoms with Crippen molar-refractivity contribution in [3.8, 4) is 0 Å². The molecule has 4 aromatic rings. The third kappa shape index (κ3) is 4.58. The Hall–Kier alpha value is -3.91. The van der Waals surface area contributed by atoms with Crippen LogP contribution in [0, 0.1) is 0 Å². The van der Waals surface area contributed by atoms with Gasteiger partial charge in [0.1, 0.15) is 11.4 Å². The maximum absolute atomic E-state index is 12.1. The van der Waals surface area contributed by atoms with Gasteiger partial charge in [-0.25, -0.2) is 4.98 Å². The van der Waals surface area contributed by atoms with Crippen molar-refractivity contribution in [3.05, 3.63) is 78.1 Å². The van der Waals surface area contributed by atoms with Crippen LogP contribution in [0.4, 0.5) is 17.5 Å². The molecule has 0 saturated heterocycles. The molecule has 2 aromatic carbocycles. The van der Waals surface area contributed by atoms with Crippen molar-refractivity contribution in [2.45, 2.75) is 44.3 Å². The third-order valence-corrected chi connectivity index (χ3v) is 6.45. The van der Waals surface area contributed by atoms with Crippen LogP contribution in [-0.2, 0) is 6.54 Å². The number of fused-ring (bicyclic) bond motifs is 1. The van der Waals surface area contributed by atoms with Crippen molar-refractivity contribution in [3.63, 3.8) is 0 Å². The first-order valence-electron chi connectivity index (χ1n) is 11.7. The Morgan fingerprint density at radius 2 is 1.88 bits per heavy atom. The molecule has 0 spiro atoms. The van der Waals surface area contributed by atoms with Crippen molar-refractivity contribution in [2.75, 3.05) is 10.6 Å². The Balaban J connectivity index is 1.44. The normalized spacial score (nSPS) is 18.0. The molecule has 1 aliphatic rings. The molecular weight excluding hydrogens is 426 g/mol. The number of nitrogens with one attached hydrogen (secondary N) is 2. The molecule has 8 heteroatoms. The van der Waals surface area contributed by atoms with E-state index in [1.165, 1.54) is 11.8 Å². The fourth-order valence-electron chi connectivity index (χ4n) is 4.61. The number of rotatable bonds is 7. The smallest absolute Gasteiger partial charge is 0.254 e. The van der Waals surface area contributed by atoms with Crippen molar-refractivity contribution in [2.24, 2.45) is 11.5 Å². The molecule has 1 amide bonds. The van der Waals surface area contributed by atoms with E-state index >= 15 is 0 Å². The lowest BCUT2D eigenvalue weighted by molar-refractivity contribution is 0.100. The summed E-state index contributed by atoms with van der Waals surface area (Å²) in [5.74, 6) is 0.221. The maximum atomic E-state index is 12.1. The van der Waals surface area contributed by atoms with Crippen LogP contribution >= 0.6 is 0 Å². The highest BCUT2D eigenvalue weighted by Crippen LogP contribution is 2.29. The Morgan fingerprint density at radius 1 is 1.06 bits per heavy atom. The van der Waals surface area contributed by atoms with E-state index in [9.17, 15) is 4.79 Å². The molecule has 0 radical (unpaired) electrons. The number of carbonyl (C=O) groups is 1. The van der Waals surface area contributed by atoms with Gasteiger partial charge in [-0.15, -0.1) is 0 Å². The van der Waals surface area contributed by atoms with Crippen molar-refractivity contribution >= 4 is 34.3 Å². The van der Waals surface area contributed by atoms with Crippen LogP contribution in [0.3, 0.4) is 0 Å². The first-order chi connectivity index (χ1) is 16.6. The molecule has 174 valence electrons. The van der Waals surface area contributed by atoms with Crippen LogP contribution < -0.4 is 22.1 Å². The zero-order chi connectivity index (χ0) is 23.5. The molecule has 0 aliphatic heterocycles. The lowest BCUT2D eigenvalue weighted by Crippen LogP contribution is -2.43. The minimum atomic E-state index is -0.586. The van der Waals surface area contributed by atoms with E-state index in [-0.39, 0.29) is 17.6 Å². The number of amides is 1. The summed E-state index contributed by atoms with van der Waals surface area (Å²) in [6.07, 6.45) is 7.74. The highest BCUT2D eigenvalue weighted by Gasteiger charge is 2.23. The van der Waals surface area contributed by atoms with Gasteiger partial charge in [0.2, 0.25) is 5.95 Å². The van der Waals surface area contributed by atoms with E-state index < -0.39 is 5.91 Å². The molecule has 0 unspecified atom stereocenters. The summed E-state index contributed by atoms with van der Waals surface area (Å²) in [7, 11) is 0. The van der Waals surface area contributed by atoms with Gasteiger partial charge in [0, 0.05) is 42.1 Å². The van der Waals surface area contributed by atoms with Gasteiger partial charge in [-0.05, 0) is 36.6 Å². The van der Waals surface area contributed by atoms with Crippen molar-refractivity contribution in [1.29, 1.82) is 0 Å². The Bertz CT molecular complexity index is 1300. The van der Waals surface area contributed by atoms with Gasteiger partial charge in [-0.3, -0.25) is 4.79 Å². The number of nitrogens with two attached hydrogens (primary N) is 2. The van der Waals surface area contributed by atoms with Crippen LogP contribution in [0.1, 0.15) is 41.6 Å². The first kappa shape index (κ1) is 21.9. The van der Waals surface area contributed by atoms with E-state index in [1.807, 2.05) is 30.3 Å². The predicted octanol–water partition coefficient (Wildman–Crippen LogP) is 4.00. The van der Waals surface area contributed by atoms with Gasteiger partial charge >= 0.3 is 0 Å². The van der Waals surface area contributed by atoms with Gasteiger partial charge in [0.05, 0.1) is 5.52 Å². The molecular formula is C26H29N7O. The Kier molecular flexibility index (Phi) is 6.14. The molecule has 0 bridgehead atoms. The molecule has 6 N–H and O–H groups in total. The van der Waals surface area contributed by atoms with E-state index in [4.69, 9.17) is 11.5 Å². The van der Waals surface area contributed by atoms with Gasteiger partial charge in [0.15, 0.2) is 0 Å². The standard InChI is InChI=1S/C26H29N7O/c27-20-9-4-5-10-22(20)31-26-29-15-19(24(28)34)25(32-26)30-21-11-6-12-23-18(21)13-14-33(23)16-17-7-2-1-3-8-17/h1-3,6-8,11-15,20,22H,4-5,9-10,16,27H2,(H2,28,34)(H2,29,30,31,32)/t20-,22+/m0/s1. The van der Waals surface area contributed by atoms with E-state index in [0.717, 1.165) is 48.8 Å². The number of nitrogens with zero attached hydrogens (tertiary/aromatic N) is 3. The van der Waals surface area contributed by atoms with Gasteiger partial charge in [-0.2, -0.15) is 4.98 Å². The van der Waals surface area contributed by atoms with Gasteiger partial charge in [0.25, 0.3) is 5.91 Å². The topological polar surface area (TPSA) is 124 Å². The maximum Gasteiger partial charge on any atom is 0.254 e. The summed E-state index contributed by atoms with van der Waals surface area (Å²) >= 11 is 0. The second-order valence-electron chi connectivity index (χ2n) is 8.81. The minimum Gasteiger partial charge on any atom is -0.365 e. The van der Waals surface area contributed by atoms with Crippen LogP contribution in [0.2, 0.25) is 0 Å². The zero-order valence-electron chi connectivity index (χ0n) is 18.9. The molecule has 34 heavy (non-hydrogen) atoms. The van der Waals surface area contributed by atoms with Crippen molar-refractivity contribution in [1.82, 2.24) is 14.5 Å². The molecule has 5 rings (SSSR count). The summed E-state index contributed by atoms with van der Waals surface area (Å²) in [5, 5.41) is 7.70. The van der Waals surface area contributed by atoms with Crippen LogP contribution in [0.5, 0.6) is 0 Å². The average molecular weight is 456 g/mol. The molecule has 2 atom stereocenters. The molecule has 1 fully saturated rings. The highest BCUT2D eigenvalue weighted by molar-refractivity contribution is 6.00. The number of carbonyl (C=O) groups excluding carboxylic acids is 1. The second-order valence-corrected chi connectivity index (χ2v) is 8.81. The fraction of sp³-hybridized carbons (Fsp3) is 0.269. The molecule has 2 aromatic heterocycles. The molecule has 2 heterocycles. The first-order valence-corrected chi connectivity index (χ1v) is 11.7. The van der Waals surface area contributed by atoms with E-state index in [0.29, 0.717) is 11.8 Å². The minimum absolute atomic E-state index is 0.0581. The van der Waals surface area contributed by atoms with Crippen LogP contribution in [0.15, 0.2) is 67.0 Å². The number of benzene rings is 2. The largest absolute Gasteiger partial charge is 0.365 e. The summed E-state index contributed by atoms with van der Waals surface area (Å²) < 4.78 is 2.20. The summed E-state index contributed by atoms with van der Waals surface area (Å²) in [4.78, 5) is 21.0. The van der Waals surface area contributed by atoms with E-state index in [2.05, 4.69) is 55.6 Å². The molecule has 8 nitrogen and oxygen atoms in total. The monoisotopic (exact) mass is 455 g/mol. The van der Waals surface area contributed by atoms with E-state index in [1.54, 1.807) is 0 Å². The van der Waals surface area contributed by atoms with Crippen LogP contribution in [0.25, 0.3) is 10.9 Å². The Labute approximate surface area is 198 Å². The number of hydrogen-bond acceptors (Lipinski definition) is 6. The fourth-order valence-corrected chi connectivity index (χ4v) is 4.61. The molecule has 1 aliphatic carbocycles. The number of primary amides is 1. The number of anilines is 3. The molecule has 1 saturated carbocycles. The lowest BCUT2D eigenvalue weighted by atomic mass is 9.91. The summed E-state index contributed by atoms with van der Waals surface area (Å²) in [6.45, 7) is 0.767. The number of aromatic nitrogens is 3. The van der Waals surface area contributed by atoms with Crippen molar-refractivity contribution < 1.29 is 4.79 Å². The van der Waals surface area contributed by atoms with Gasteiger partial charge < -0.3 is 26.7 Å². The quantitative estimate of drug-likeness (QED) is 0.334. The third-order valence-electron chi connectivity index (χ3n) is 6.45. The Morgan fingerprint density at radius 3 is 2.68 bits per heavy atom. The second kappa shape index (κ2) is 9.52. The van der Waals surface area contributed by atoms with Crippen LogP contribution in [-0.4, -0.2) is 32.5 Å². The summed E-state index contributed by atoms with van der Waals surface area (Å²) in [5.41, 5.74) is 15.3. The average Bonchev–Trinajstić information content (AvgIpc) is 3.25. The summed E-state index contributed by atoms with van der Waals surface area (Å²) in [6, 6.07) is 18.6.